The molecule has 5 rings (SSSR count). The maximum Gasteiger partial charge on any atom is 0.240 e. The van der Waals surface area contributed by atoms with Crippen LogP contribution in [-0.2, 0) is 4.79 Å². The monoisotopic (exact) mass is 432 g/mol. The highest BCUT2D eigenvalue weighted by molar-refractivity contribution is 5.92. The summed E-state index contributed by atoms with van der Waals surface area (Å²) >= 11 is 0. The molecule has 1 aromatic carbocycles. The van der Waals surface area contributed by atoms with E-state index < -0.39 is 0 Å². The van der Waals surface area contributed by atoms with E-state index in [0.29, 0.717) is 17.3 Å². The Bertz CT molecular complexity index is 1310. The Hall–Kier alpha value is -3.62. The molecule has 1 aliphatic carbocycles. The third-order valence-corrected chi connectivity index (χ3v) is 6.53. The second kappa shape index (κ2) is 7.81. The van der Waals surface area contributed by atoms with E-state index in [1.165, 1.54) is 5.56 Å². The minimum Gasteiger partial charge on any atom is -0.382 e. The number of carbonyl (C=O) groups excluding carboxylic acids is 1. The van der Waals surface area contributed by atoms with Crippen molar-refractivity contribution in [3.8, 4) is 11.4 Å². The summed E-state index contributed by atoms with van der Waals surface area (Å²) < 4.78 is 1.78. The fraction of sp³-hybridized carbons (Fsp3) is 0.391. The average molecular weight is 433 g/mol. The summed E-state index contributed by atoms with van der Waals surface area (Å²) in [6.45, 7) is 4.37. The third-order valence-electron chi connectivity index (χ3n) is 6.53. The second-order valence-electron chi connectivity index (χ2n) is 8.81. The van der Waals surface area contributed by atoms with E-state index in [2.05, 4.69) is 45.5 Å². The average Bonchev–Trinajstić information content (AvgIpc) is 3.35. The zero-order chi connectivity index (χ0) is 22.4. The lowest BCUT2D eigenvalue weighted by Crippen LogP contribution is -2.29. The highest BCUT2D eigenvalue weighted by Crippen LogP contribution is 2.38. The Morgan fingerprint density at radius 1 is 1.22 bits per heavy atom. The maximum atomic E-state index is 11.2. The van der Waals surface area contributed by atoms with Gasteiger partial charge in [0.05, 0.1) is 5.69 Å². The number of nitrogens with two attached hydrogens (primary N) is 2. The molecular weight excluding hydrogens is 404 g/mol. The highest BCUT2D eigenvalue weighted by atomic mass is 16.1. The predicted octanol–water partition coefficient (Wildman–Crippen LogP) is 3.16. The molecule has 4 aromatic rings. The van der Waals surface area contributed by atoms with Gasteiger partial charge >= 0.3 is 0 Å². The summed E-state index contributed by atoms with van der Waals surface area (Å²) in [4.78, 5) is 24.0. The van der Waals surface area contributed by atoms with Gasteiger partial charge < -0.3 is 21.8 Å². The van der Waals surface area contributed by atoms with Crippen LogP contribution in [0.2, 0.25) is 0 Å². The number of anilines is 2. The van der Waals surface area contributed by atoms with E-state index in [4.69, 9.17) is 16.5 Å². The number of aromatic amines is 1. The standard InChI is InChI=1S/C23H28N8O/c1-12-4-3-5-16-10-17(27-18(12)16)19-20-21(24)29-23(25)30-31(20)22(28-19)15-8-6-14(7-9-15)11-26-13(2)32/h3-5,10,14-15,27H,6-9,11H2,1-2H3,(H,26,32)(H4,24,25,29,30). The molecule has 1 saturated carbocycles. The van der Waals surface area contributed by atoms with Crippen molar-refractivity contribution in [2.45, 2.75) is 45.4 Å². The van der Waals surface area contributed by atoms with Crippen molar-refractivity contribution in [2.24, 2.45) is 5.92 Å². The molecule has 0 atom stereocenters. The Morgan fingerprint density at radius 3 is 2.72 bits per heavy atom. The number of nitrogens with zero attached hydrogens (tertiary/aromatic N) is 4. The van der Waals surface area contributed by atoms with Crippen molar-refractivity contribution >= 4 is 34.1 Å². The number of amides is 1. The quantitative estimate of drug-likeness (QED) is 0.390. The van der Waals surface area contributed by atoms with Gasteiger partial charge in [-0.15, -0.1) is 5.10 Å². The fourth-order valence-corrected chi connectivity index (χ4v) is 4.86. The Labute approximate surface area is 185 Å². The Balaban J connectivity index is 1.54. The van der Waals surface area contributed by atoms with Gasteiger partial charge in [-0.05, 0) is 50.2 Å². The lowest BCUT2D eigenvalue weighted by Gasteiger charge is -2.27. The van der Waals surface area contributed by atoms with Gasteiger partial charge in [0.25, 0.3) is 0 Å². The van der Waals surface area contributed by atoms with Crippen molar-refractivity contribution in [1.29, 1.82) is 0 Å². The molecule has 1 fully saturated rings. The van der Waals surface area contributed by atoms with Gasteiger partial charge in [0.15, 0.2) is 5.82 Å². The molecule has 9 heteroatoms. The number of fused-ring (bicyclic) bond motifs is 2. The number of H-pyrrole nitrogens is 1. The van der Waals surface area contributed by atoms with Crippen LogP contribution in [0.4, 0.5) is 11.8 Å². The molecule has 0 aliphatic heterocycles. The summed E-state index contributed by atoms with van der Waals surface area (Å²) in [7, 11) is 0. The number of aryl methyl sites for hydroxylation is 1. The zero-order valence-electron chi connectivity index (χ0n) is 18.4. The van der Waals surface area contributed by atoms with Crippen molar-refractivity contribution in [1.82, 2.24) is 29.9 Å². The topological polar surface area (TPSA) is 140 Å². The third kappa shape index (κ3) is 3.53. The Morgan fingerprint density at radius 2 is 2.00 bits per heavy atom. The van der Waals surface area contributed by atoms with Crippen LogP contribution in [0.5, 0.6) is 0 Å². The van der Waals surface area contributed by atoms with Crippen LogP contribution in [0.3, 0.4) is 0 Å². The van der Waals surface area contributed by atoms with Crippen molar-refractivity contribution in [3.63, 3.8) is 0 Å². The number of hydrogen-bond donors (Lipinski definition) is 4. The number of nitrogens with one attached hydrogen (secondary N) is 2. The van der Waals surface area contributed by atoms with Crippen LogP contribution >= 0.6 is 0 Å². The van der Waals surface area contributed by atoms with Crippen molar-refractivity contribution < 1.29 is 4.79 Å². The summed E-state index contributed by atoms with van der Waals surface area (Å²) in [6.07, 6.45) is 3.99. The molecule has 0 unspecified atom stereocenters. The van der Waals surface area contributed by atoms with E-state index in [1.54, 1.807) is 11.4 Å². The first-order chi connectivity index (χ1) is 15.4. The minimum absolute atomic E-state index is 0.0206. The zero-order valence-corrected chi connectivity index (χ0v) is 18.4. The van der Waals surface area contributed by atoms with Crippen LogP contribution in [0.25, 0.3) is 27.8 Å². The fourth-order valence-electron chi connectivity index (χ4n) is 4.86. The van der Waals surface area contributed by atoms with Gasteiger partial charge in [-0.1, -0.05) is 18.2 Å². The molecular formula is C23H28N8O. The lowest BCUT2D eigenvalue weighted by atomic mass is 9.81. The number of aromatic nitrogens is 5. The maximum absolute atomic E-state index is 11.2. The van der Waals surface area contributed by atoms with Gasteiger partial charge in [0, 0.05) is 30.3 Å². The largest absolute Gasteiger partial charge is 0.382 e. The van der Waals surface area contributed by atoms with E-state index in [0.717, 1.165) is 60.3 Å². The number of rotatable bonds is 4. The first-order valence-corrected chi connectivity index (χ1v) is 11.1. The van der Waals surface area contributed by atoms with Crippen LogP contribution in [0, 0.1) is 12.8 Å². The molecule has 3 heterocycles. The van der Waals surface area contributed by atoms with Crippen LogP contribution in [0.1, 0.15) is 49.9 Å². The summed E-state index contributed by atoms with van der Waals surface area (Å²) in [5, 5.41) is 8.54. The van der Waals surface area contributed by atoms with Gasteiger partial charge in [-0.25, -0.2) is 9.50 Å². The Kier molecular flexibility index (Phi) is 4.96. The molecule has 0 bridgehead atoms. The van der Waals surface area contributed by atoms with Crippen LogP contribution in [0.15, 0.2) is 24.3 Å². The van der Waals surface area contributed by atoms with E-state index in [-0.39, 0.29) is 17.8 Å². The molecule has 0 radical (unpaired) electrons. The minimum atomic E-state index is 0.0206. The molecule has 3 aromatic heterocycles. The van der Waals surface area contributed by atoms with Gasteiger partial charge in [-0.3, -0.25) is 4.79 Å². The molecule has 1 amide bonds. The summed E-state index contributed by atoms with van der Waals surface area (Å²) in [5.74, 6) is 2.07. The molecule has 0 spiro atoms. The number of imidazole rings is 1. The summed E-state index contributed by atoms with van der Waals surface area (Å²) in [6, 6.07) is 8.30. The van der Waals surface area contributed by atoms with Crippen molar-refractivity contribution in [3.05, 3.63) is 35.7 Å². The second-order valence-corrected chi connectivity index (χ2v) is 8.81. The number of carbonyl (C=O) groups is 1. The van der Waals surface area contributed by atoms with Gasteiger partial charge in [0.1, 0.15) is 17.0 Å². The molecule has 1 aliphatic rings. The van der Waals surface area contributed by atoms with E-state index >= 15 is 0 Å². The highest BCUT2D eigenvalue weighted by Gasteiger charge is 2.29. The lowest BCUT2D eigenvalue weighted by molar-refractivity contribution is -0.119. The smallest absolute Gasteiger partial charge is 0.240 e. The van der Waals surface area contributed by atoms with Gasteiger partial charge in [-0.2, -0.15) is 4.98 Å². The molecule has 6 N–H and O–H groups in total. The molecule has 9 nitrogen and oxygen atoms in total. The van der Waals surface area contributed by atoms with Crippen LogP contribution < -0.4 is 16.8 Å². The van der Waals surface area contributed by atoms with Gasteiger partial charge in [0.2, 0.25) is 11.9 Å². The number of benzene rings is 1. The van der Waals surface area contributed by atoms with E-state index in [9.17, 15) is 4.79 Å². The molecule has 0 saturated heterocycles. The first-order valence-electron chi connectivity index (χ1n) is 11.1. The number of nitrogen functional groups attached to an aromatic ring is 2. The molecule has 32 heavy (non-hydrogen) atoms. The van der Waals surface area contributed by atoms with E-state index in [1.807, 2.05) is 6.07 Å². The number of para-hydroxylation sites is 1. The predicted molar refractivity (Wildman–Crippen MR) is 125 cm³/mol. The van der Waals surface area contributed by atoms with Crippen LogP contribution in [-0.4, -0.2) is 37.0 Å². The first kappa shape index (κ1) is 20.3. The molecule has 166 valence electrons. The number of hydrogen-bond acceptors (Lipinski definition) is 6. The summed E-state index contributed by atoms with van der Waals surface area (Å²) in [5.41, 5.74) is 16.8. The van der Waals surface area contributed by atoms with Crippen molar-refractivity contribution in [2.75, 3.05) is 18.0 Å². The normalized spacial score (nSPS) is 18.9. The SMILES string of the molecule is CC(=O)NCC1CCC(c2nc(-c3cc4cccc(C)c4[nH]3)c3c(N)nc(N)nn23)CC1.